The van der Waals surface area contributed by atoms with Gasteiger partial charge in [-0.3, -0.25) is 0 Å². The Kier molecular flexibility index (Phi) is 4.76. The van der Waals surface area contributed by atoms with Crippen molar-refractivity contribution in [3.05, 3.63) is 57.9 Å². The van der Waals surface area contributed by atoms with Gasteiger partial charge in [0.2, 0.25) is 0 Å². The summed E-state index contributed by atoms with van der Waals surface area (Å²) in [4.78, 5) is 6.66. The number of hydrogen-bond donors (Lipinski definition) is 1. The summed E-state index contributed by atoms with van der Waals surface area (Å²) in [6, 6.07) is 13.6. The first-order valence-electron chi connectivity index (χ1n) is 6.98. The standard InChI is InChI=1S/C17H15Cl2N3S/c1-22(2)13-6-4-12(5-7-13)20-17-21-16(10-23-17)14-8-3-11(18)9-15(14)19/h3-10H,1-2H3,(H,20,21). The minimum atomic E-state index is 0.602. The summed E-state index contributed by atoms with van der Waals surface area (Å²) in [6.45, 7) is 0. The molecular formula is C17H15Cl2N3S. The van der Waals surface area contributed by atoms with E-state index in [2.05, 4.69) is 27.3 Å². The first kappa shape index (κ1) is 16.1. The number of hydrogen-bond acceptors (Lipinski definition) is 4. The predicted molar refractivity (Wildman–Crippen MR) is 102 cm³/mol. The molecule has 0 amide bonds. The van der Waals surface area contributed by atoms with Crippen LogP contribution in [0.2, 0.25) is 10.0 Å². The van der Waals surface area contributed by atoms with Crippen molar-refractivity contribution < 1.29 is 0 Å². The summed E-state index contributed by atoms with van der Waals surface area (Å²) in [5.74, 6) is 0. The number of benzene rings is 2. The third-order valence-corrected chi connectivity index (χ3v) is 4.65. The average molecular weight is 364 g/mol. The van der Waals surface area contributed by atoms with Gasteiger partial charge in [0.25, 0.3) is 0 Å². The molecule has 1 heterocycles. The molecule has 0 aliphatic heterocycles. The van der Waals surface area contributed by atoms with Gasteiger partial charge in [-0.05, 0) is 42.5 Å². The van der Waals surface area contributed by atoms with E-state index in [9.17, 15) is 0 Å². The second-order valence-corrected chi connectivity index (χ2v) is 6.93. The van der Waals surface area contributed by atoms with Crippen LogP contribution in [0.5, 0.6) is 0 Å². The first-order chi connectivity index (χ1) is 11.0. The zero-order valence-corrected chi connectivity index (χ0v) is 15.0. The topological polar surface area (TPSA) is 28.2 Å². The van der Waals surface area contributed by atoms with Gasteiger partial charge in [-0.1, -0.05) is 23.2 Å². The zero-order valence-electron chi connectivity index (χ0n) is 12.7. The van der Waals surface area contributed by atoms with E-state index in [4.69, 9.17) is 23.2 Å². The van der Waals surface area contributed by atoms with E-state index >= 15 is 0 Å². The predicted octanol–water partition coefficient (Wildman–Crippen LogP) is 5.93. The molecule has 0 radical (unpaired) electrons. The Bertz CT molecular complexity index is 813. The molecule has 2 aromatic carbocycles. The van der Waals surface area contributed by atoms with Crippen molar-refractivity contribution in [2.24, 2.45) is 0 Å². The minimum absolute atomic E-state index is 0.602. The third kappa shape index (κ3) is 3.78. The second kappa shape index (κ2) is 6.79. The highest BCUT2D eigenvalue weighted by atomic mass is 35.5. The zero-order chi connectivity index (χ0) is 16.4. The normalized spacial score (nSPS) is 10.6. The van der Waals surface area contributed by atoms with Crippen LogP contribution in [0, 0.1) is 0 Å². The Hall–Kier alpha value is -1.75. The highest BCUT2D eigenvalue weighted by Gasteiger charge is 2.09. The second-order valence-electron chi connectivity index (χ2n) is 5.23. The van der Waals surface area contributed by atoms with Crippen LogP contribution >= 0.6 is 34.5 Å². The van der Waals surface area contributed by atoms with Crippen LogP contribution < -0.4 is 10.2 Å². The lowest BCUT2D eigenvalue weighted by Gasteiger charge is -2.12. The molecule has 0 fully saturated rings. The van der Waals surface area contributed by atoms with Crippen LogP contribution in [0.15, 0.2) is 47.8 Å². The number of thiazole rings is 1. The Labute approximate surface area is 149 Å². The van der Waals surface area contributed by atoms with Crippen molar-refractivity contribution in [2.45, 2.75) is 0 Å². The molecule has 0 bridgehead atoms. The van der Waals surface area contributed by atoms with Gasteiger partial charge in [0.15, 0.2) is 5.13 Å². The summed E-state index contributed by atoms with van der Waals surface area (Å²) in [5, 5.41) is 7.33. The molecule has 3 nitrogen and oxygen atoms in total. The molecule has 0 unspecified atom stereocenters. The van der Waals surface area contributed by atoms with Gasteiger partial charge in [-0.15, -0.1) is 11.3 Å². The summed E-state index contributed by atoms with van der Waals surface area (Å²) < 4.78 is 0. The maximum absolute atomic E-state index is 6.24. The molecule has 0 saturated heterocycles. The molecule has 118 valence electrons. The average Bonchev–Trinajstić information content (AvgIpc) is 2.96. The quantitative estimate of drug-likeness (QED) is 0.622. The molecule has 1 aromatic heterocycles. The van der Waals surface area contributed by atoms with Crippen molar-refractivity contribution >= 4 is 51.0 Å². The van der Waals surface area contributed by atoms with E-state index in [0.717, 1.165) is 27.8 Å². The van der Waals surface area contributed by atoms with Gasteiger partial charge >= 0.3 is 0 Å². The molecule has 3 rings (SSSR count). The number of halogens is 2. The Morgan fingerprint density at radius 2 is 1.78 bits per heavy atom. The lowest BCUT2D eigenvalue weighted by Crippen LogP contribution is -2.08. The van der Waals surface area contributed by atoms with Crippen molar-refractivity contribution in [2.75, 3.05) is 24.3 Å². The Balaban J connectivity index is 1.79. The lowest BCUT2D eigenvalue weighted by molar-refractivity contribution is 1.13. The highest BCUT2D eigenvalue weighted by Crippen LogP contribution is 2.33. The van der Waals surface area contributed by atoms with E-state index in [1.165, 1.54) is 11.3 Å². The number of nitrogens with zero attached hydrogens (tertiary/aromatic N) is 2. The smallest absolute Gasteiger partial charge is 0.187 e. The van der Waals surface area contributed by atoms with Crippen LogP contribution in [0.25, 0.3) is 11.3 Å². The Morgan fingerprint density at radius 1 is 1.04 bits per heavy atom. The highest BCUT2D eigenvalue weighted by molar-refractivity contribution is 7.14. The van der Waals surface area contributed by atoms with Crippen molar-refractivity contribution in [1.29, 1.82) is 0 Å². The SMILES string of the molecule is CN(C)c1ccc(Nc2nc(-c3ccc(Cl)cc3Cl)cs2)cc1. The minimum Gasteiger partial charge on any atom is -0.378 e. The van der Waals surface area contributed by atoms with Gasteiger partial charge in [-0.25, -0.2) is 4.98 Å². The molecule has 23 heavy (non-hydrogen) atoms. The fourth-order valence-corrected chi connectivity index (χ4v) is 3.35. The summed E-state index contributed by atoms with van der Waals surface area (Å²) in [6.07, 6.45) is 0. The molecule has 1 N–H and O–H groups in total. The molecule has 0 aliphatic carbocycles. The molecule has 0 atom stereocenters. The molecular weight excluding hydrogens is 349 g/mol. The van der Waals surface area contributed by atoms with Gasteiger partial charge in [0.05, 0.1) is 10.7 Å². The molecule has 6 heteroatoms. The van der Waals surface area contributed by atoms with E-state index in [1.807, 2.05) is 43.7 Å². The third-order valence-electron chi connectivity index (χ3n) is 3.35. The fourth-order valence-electron chi connectivity index (χ4n) is 2.12. The molecule has 3 aromatic rings. The number of aromatic nitrogens is 1. The summed E-state index contributed by atoms with van der Waals surface area (Å²) in [5.41, 5.74) is 3.87. The summed E-state index contributed by atoms with van der Waals surface area (Å²) >= 11 is 13.7. The van der Waals surface area contributed by atoms with Crippen LogP contribution in [-0.2, 0) is 0 Å². The monoisotopic (exact) mass is 363 g/mol. The fraction of sp³-hybridized carbons (Fsp3) is 0.118. The lowest BCUT2D eigenvalue weighted by atomic mass is 10.2. The number of anilines is 3. The van der Waals surface area contributed by atoms with Crippen LogP contribution in [-0.4, -0.2) is 19.1 Å². The number of nitrogens with one attached hydrogen (secondary N) is 1. The Morgan fingerprint density at radius 3 is 2.43 bits per heavy atom. The van der Waals surface area contributed by atoms with Crippen LogP contribution in [0.1, 0.15) is 0 Å². The molecule has 0 saturated carbocycles. The van der Waals surface area contributed by atoms with E-state index < -0.39 is 0 Å². The van der Waals surface area contributed by atoms with E-state index in [1.54, 1.807) is 6.07 Å². The van der Waals surface area contributed by atoms with E-state index in [-0.39, 0.29) is 0 Å². The van der Waals surface area contributed by atoms with Crippen LogP contribution in [0.4, 0.5) is 16.5 Å². The maximum atomic E-state index is 6.24. The van der Waals surface area contributed by atoms with Crippen molar-refractivity contribution in [3.63, 3.8) is 0 Å². The van der Waals surface area contributed by atoms with Gasteiger partial charge in [0, 0.05) is 41.4 Å². The number of rotatable bonds is 4. The molecule has 0 aliphatic rings. The van der Waals surface area contributed by atoms with Crippen molar-refractivity contribution in [1.82, 2.24) is 4.98 Å². The van der Waals surface area contributed by atoms with Gasteiger partial charge in [-0.2, -0.15) is 0 Å². The van der Waals surface area contributed by atoms with Crippen LogP contribution in [0.3, 0.4) is 0 Å². The van der Waals surface area contributed by atoms with Gasteiger partial charge < -0.3 is 10.2 Å². The van der Waals surface area contributed by atoms with E-state index in [0.29, 0.717) is 10.0 Å². The largest absolute Gasteiger partial charge is 0.378 e. The summed E-state index contributed by atoms with van der Waals surface area (Å²) in [7, 11) is 4.04. The first-order valence-corrected chi connectivity index (χ1v) is 8.62. The molecule has 0 spiro atoms. The maximum Gasteiger partial charge on any atom is 0.187 e. The van der Waals surface area contributed by atoms with Gasteiger partial charge in [0.1, 0.15) is 0 Å². The van der Waals surface area contributed by atoms with Crippen molar-refractivity contribution in [3.8, 4) is 11.3 Å².